The predicted octanol–water partition coefficient (Wildman–Crippen LogP) is 6.94. The van der Waals surface area contributed by atoms with Gasteiger partial charge in [-0.15, -0.1) is 0 Å². The summed E-state index contributed by atoms with van der Waals surface area (Å²) in [4.78, 5) is 0. The molecule has 0 bridgehead atoms. The average molecular weight is 580 g/mol. The summed E-state index contributed by atoms with van der Waals surface area (Å²) < 4.78 is 237. The Morgan fingerprint density at radius 3 is 0.658 bits per heavy atom. The predicted molar refractivity (Wildman–Crippen MR) is 85.8 cm³/mol. The zero-order valence-electron chi connectivity index (χ0n) is 16.9. The summed E-state index contributed by atoms with van der Waals surface area (Å²) in [5, 5.41) is 10.8. The molecule has 3 rings (SSSR count). The summed E-state index contributed by atoms with van der Waals surface area (Å²) in [5.74, 6) is -47.8. The van der Waals surface area contributed by atoms with Crippen molar-refractivity contribution in [3.63, 3.8) is 0 Å². The lowest BCUT2D eigenvalue weighted by atomic mass is 9.77. The van der Waals surface area contributed by atoms with Crippen LogP contribution >= 0.6 is 0 Å². The minimum absolute atomic E-state index is 3.14. The molecule has 0 heterocycles. The van der Waals surface area contributed by atoms with Gasteiger partial charge < -0.3 is 5.11 Å². The molecule has 0 spiro atoms. The molecule has 3 aromatic carbocycles. The van der Waals surface area contributed by atoms with E-state index in [0.717, 1.165) is 0 Å². The number of halogens is 17. The zero-order chi connectivity index (χ0) is 29.4. The van der Waals surface area contributed by atoms with Gasteiger partial charge in [0.1, 0.15) is 5.56 Å². The van der Waals surface area contributed by atoms with Gasteiger partial charge in [-0.05, 0) is 0 Å². The number of rotatable bonds is 3. The molecule has 38 heavy (non-hydrogen) atoms. The lowest BCUT2D eigenvalue weighted by Crippen LogP contribution is -2.39. The molecule has 1 nitrogen and oxygen atoms in total. The van der Waals surface area contributed by atoms with Crippen molar-refractivity contribution in [1.82, 2.24) is 0 Å². The van der Waals surface area contributed by atoms with Crippen LogP contribution in [0.2, 0.25) is 0 Å². The van der Waals surface area contributed by atoms with Crippen LogP contribution in [-0.4, -0.2) is 5.11 Å². The topological polar surface area (TPSA) is 20.2 Å². The van der Waals surface area contributed by atoms with Crippen LogP contribution in [0.4, 0.5) is 74.6 Å². The van der Waals surface area contributed by atoms with Crippen LogP contribution in [0.3, 0.4) is 0 Å². The van der Waals surface area contributed by atoms with Crippen molar-refractivity contribution < 1.29 is 79.7 Å². The number of hydrogen-bond acceptors (Lipinski definition) is 1. The molecule has 0 aromatic heterocycles. The second-order valence-corrected chi connectivity index (χ2v) is 7.10. The Morgan fingerprint density at radius 2 is 0.447 bits per heavy atom. The first-order valence-corrected chi connectivity index (χ1v) is 8.94. The quantitative estimate of drug-likeness (QED) is 0.154. The molecular weight excluding hydrogens is 579 g/mol. The molecule has 0 aliphatic carbocycles. The van der Waals surface area contributed by atoms with Gasteiger partial charge in [-0.25, -0.2) is 61.5 Å². The number of aliphatic hydroxyl groups is 1. The largest absolute Gasteiger partial charge is 0.422 e. The minimum Gasteiger partial charge on any atom is -0.375 e. The summed E-state index contributed by atoms with van der Waals surface area (Å²) in [7, 11) is 0. The van der Waals surface area contributed by atoms with E-state index >= 15 is 0 Å². The fourth-order valence-electron chi connectivity index (χ4n) is 3.42. The fourth-order valence-corrected chi connectivity index (χ4v) is 3.42. The van der Waals surface area contributed by atoms with Crippen LogP contribution in [0.1, 0.15) is 22.3 Å². The van der Waals surface area contributed by atoms with E-state index in [1.54, 1.807) is 0 Å². The van der Waals surface area contributed by atoms with Gasteiger partial charge in [-0.1, -0.05) is 0 Å². The molecule has 206 valence electrons. The standard InChI is InChI=1S/C20HF17O/c21-5-1(6(22)12(28)4(11(5)27)20(35,36)37)19(38,2-7(23)13(29)17(33)14(30)8(2)24)3-9(25)15(31)18(34)16(32)10(3)26/h38H. The number of alkyl halides is 3. The van der Waals surface area contributed by atoms with Crippen molar-refractivity contribution in [2.75, 3.05) is 0 Å². The van der Waals surface area contributed by atoms with Crippen molar-refractivity contribution in [2.45, 2.75) is 11.8 Å². The number of hydrogen-bond donors (Lipinski definition) is 1. The van der Waals surface area contributed by atoms with Gasteiger partial charge in [0.2, 0.25) is 11.6 Å². The van der Waals surface area contributed by atoms with Crippen LogP contribution in [0.15, 0.2) is 0 Å². The van der Waals surface area contributed by atoms with Crippen LogP contribution in [0.5, 0.6) is 0 Å². The normalized spacial score (nSPS) is 12.5. The van der Waals surface area contributed by atoms with Gasteiger partial charge in [0.25, 0.3) is 0 Å². The molecule has 3 aromatic rings. The van der Waals surface area contributed by atoms with Crippen LogP contribution < -0.4 is 0 Å². The van der Waals surface area contributed by atoms with E-state index in [2.05, 4.69) is 0 Å². The zero-order valence-corrected chi connectivity index (χ0v) is 16.9. The molecule has 0 aliphatic rings. The van der Waals surface area contributed by atoms with Crippen molar-refractivity contribution in [1.29, 1.82) is 0 Å². The van der Waals surface area contributed by atoms with Crippen molar-refractivity contribution in [3.05, 3.63) is 104 Å². The Labute approximate surface area is 196 Å². The molecule has 0 saturated carbocycles. The molecular formula is C20HF17O. The van der Waals surface area contributed by atoms with Gasteiger partial charge in [-0.3, -0.25) is 0 Å². The first-order valence-electron chi connectivity index (χ1n) is 8.94. The monoisotopic (exact) mass is 580 g/mol. The van der Waals surface area contributed by atoms with Gasteiger partial charge >= 0.3 is 6.18 Å². The van der Waals surface area contributed by atoms with E-state index in [1.165, 1.54) is 0 Å². The Balaban J connectivity index is 2.79. The maximum atomic E-state index is 14.7. The van der Waals surface area contributed by atoms with E-state index in [0.29, 0.717) is 0 Å². The summed E-state index contributed by atoms with van der Waals surface area (Å²) in [6, 6.07) is 0. The average Bonchev–Trinajstić information content (AvgIpc) is 2.82. The van der Waals surface area contributed by atoms with Gasteiger partial charge in [0.05, 0.1) is 16.7 Å². The van der Waals surface area contributed by atoms with Gasteiger partial charge in [-0.2, -0.15) is 13.2 Å². The first-order chi connectivity index (χ1) is 17.2. The fraction of sp³-hybridized carbons (Fsp3) is 0.100. The SMILES string of the molecule is OC(c1c(F)c(F)c(F)c(F)c1F)(c1c(F)c(F)c(F)c(F)c1F)c1c(F)c(F)c(C(F)(F)F)c(F)c1F. The van der Waals surface area contributed by atoms with Crippen LogP contribution in [0.25, 0.3) is 0 Å². The summed E-state index contributed by atoms with van der Waals surface area (Å²) in [6.07, 6.45) is -6.35. The Hall–Kier alpha value is -3.57. The molecule has 0 atom stereocenters. The third kappa shape index (κ3) is 3.75. The Kier molecular flexibility index (Phi) is 6.88. The van der Waals surface area contributed by atoms with E-state index in [9.17, 15) is 79.7 Å². The van der Waals surface area contributed by atoms with Gasteiger partial charge in [0.15, 0.2) is 75.4 Å². The van der Waals surface area contributed by atoms with Gasteiger partial charge in [0, 0.05) is 0 Å². The second-order valence-electron chi connectivity index (χ2n) is 7.10. The molecule has 18 heteroatoms. The number of benzene rings is 3. The molecule has 0 unspecified atom stereocenters. The molecule has 0 amide bonds. The third-order valence-electron chi connectivity index (χ3n) is 5.05. The third-order valence-corrected chi connectivity index (χ3v) is 5.05. The highest BCUT2D eigenvalue weighted by Crippen LogP contribution is 2.48. The highest BCUT2D eigenvalue weighted by Gasteiger charge is 2.54. The smallest absolute Gasteiger partial charge is 0.375 e. The molecule has 0 radical (unpaired) electrons. The molecule has 1 N–H and O–H groups in total. The Bertz CT molecular complexity index is 1350. The summed E-state index contributed by atoms with van der Waals surface area (Å²) in [5.41, 5.74) is -19.1. The van der Waals surface area contributed by atoms with E-state index < -0.39 is 115 Å². The maximum Gasteiger partial charge on any atom is 0.422 e. The maximum absolute atomic E-state index is 14.7. The summed E-state index contributed by atoms with van der Waals surface area (Å²) >= 11 is 0. The lowest BCUT2D eigenvalue weighted by molar-refractivity contribution is -0.143. The Morgan fingerprint density at radius 1 is 0.289 bits per heavy atom. The minimum atomic E-state index is -6.35. The molecule has 0 aliphatic heterocycles. The summed E-state index contributed by atoms with van der Waals surface area (Å²) in [6.45, 7) is 0. The second kappa shape index (κ2) is 9.02. The highest BCUT2D eigenvalue weighted by molar-refractivity contribution is 5.52. The lowest BCUT2D eigenvalue weighted by Gasteiger charge is -2.32. The van der Waals surface area contributed by atoms with E-state index in [4.69, 9.17) is 0 Å². The first kappa shape index (κ1) is 29.0. The van der Waals surface area contributed by atoms with E-state index in [-0.39, 0.29) is 0 Å². The van der Waals surface area contributed by atoms with Crippen molar-refractivity contribution in [3.8, 4) is 0 Å². The van der Waals surface area contributed by atoms with Crippen LogP contribution in [-0.2, 0) is 11.8 Å². The van der Waals surface area contributed by atoms with Crippen molar-refractivity contribution >= 4 is 0 Å². The highest BCUT2D eigenvalue weighted by atomic mass is 19.4. The van der Waals surface area contributed by atoms with Crippen LogP contribution in [0, 0.1) is 81.4 Å². The van der Waals surface area contributed by atoms with E-state index in [1.807, 2.05) is 0 Å². The molecule has 0 fully saturated rings. The molecule has 0 saturated heterocycles. The van der Waals surface area contributed by atoms with Crippen molar-refractivity contribution in [2.24, 2.45) is 0 Å².